The maximum Gasteiger partial charge on any atom is 0.321 e. The fourth-order valence-electron chi connectivity index (χ4n) is 14.7. The van der Waals surface area contributed by atoms with E-state index in [-0.39, 0.29) is 23.6 Å². The van der Waals surface area contributed by atoms with Crippen molar-refractivity contribution in [3.05, 3.63) is 176 Å². The Kier molecular flexibility index (Phi) is 14.7. The van der Waals surface area contributed by atoms with Gasteiger partial charge >= 0.3 is 6.29 Å². The SMILES string of the molecule is COc1cccc(OC)c1C1=c2ccc3n2C2n4c(ccc4=C(c4c(NC(=O)C5CCCO5)cccc4NC(=O)C4CCCO4)C4C=CC1=[N+]42)=C(c1c(OC)cccc1OC)c1ccc(n1C)C=3c1c(NC(=O)C2CCCO2)cccc1NC(=O)C1CCCO1. The molecule has 6 unspecified atom stereocenters. The Morgan fingerprint density at radius 1 is 0.444 bits per heavy atom. The number of nitrogens with zero attached hydrogens (tertiary/aromatic N) is 4. The lowest BCUT2D eigenvalue weighted by Crippen LogP contribution is -2.58. The fraction of sp³-hybridized carbons (Fsp3) is 0.329. The summed E-state index contributed by atoms with van der Waals surface area (Å²) in [6.45, 7) is 1.86. The molecule has 460 valence electrons. The molecule has 20 heteroatoms. The Morgan fingerprint density at radius 3 is 1.20 bits per heavy atom. The number of rotatable bonds is 16. The van der Waals surface area contributed by atoms with Crippen molar-refractivity contribution in [2.75, 3.05) is 76.1 Å². The lowest BCUT2D eigenvalue weighted by molar-refractivity contribution is -0.609. The maximum atomic E-state index is 14.6. The molecule has 0 spiro atoms. The van der Waals surface area contributed by atoms with E-state index in [2.05, 4.69) is 88.1 Å². The first-order valence-electron chi connectivity index (χ1n) is 30.9. The molecule has 3 aromatic heterocycles. The number of methoxy groups -OCH3 is 4. The van der Waals surface area contributed by atoms with Gasteiger partial charge in [-0.3, -0.25) is 28.3 Å². The third kappa shape index (κ3) is 9.20. The monoisotopic (exact) mass is 1210 g/mol. The molecule has 4 N–H and O–H groups in total. The Morgan fingerprint density at radius 2 is 0.800 bits per heavy atom. The number of hydrogen-bond donors (Lipinski definition) is 4. The maximum absolute atomic E-state index is 14.6. The number of ether oxygens (including phenoxy) is 8. The molecule has 0 aliphatic carbocycles. The number of amides is 4. The van der Waals surface area contributed by atoms with Crippen LogP contribution in [-0.2, 0) is 45.2 Å². The summed E-state index contributed by atoms with van der Waals surface area (Å²) in [5.41, 5.74) is 9.59. The van der Waals surface area contributed by atoms with Gasteiger partial charge in [-0.2, -0.15) is 4.58 Å². The van der Waals surface area contributed by atoms with Crippen LogP contribution in [0, 0.1) is 0 Å². The molecule has 6 atom stereocenters. The minimum atomic E-state index is -0.778. The van der Waals surface area contributed by atoms with Crippen LogP contribution in [0.5, 0.6) is 23.0 Å². The molecule has 20 nitrogen and oxygen atoms in total. The van der Waals surface area contributed by atoms with Crippen molar-refractivity contribution in [3.63, 3.8) is 0 Å². The molecule has 8 aliphatic heterocycles. The van der Waals surface area contributed by atoms with Gasteiger partial charge in [0.1, 0.15) is 47.4 Å². The molecule has 8 aliphatic rings. The lowest BCUT2D eigenvalue weighted by Gasteiger charge is -2.34. The number of benzene rings is 4. The van der Waals surface area contributed by atoms with Gasteiger partial charge in [-0.1, -0.05) is 24.3 Å². The van der Waals surface area contributed by atoms with Crippen molar-refractivity contribution >= 4 is 74.4 Å². The van der Waals surface area contributed by atoms with Crippen molar-refractivity contribution in [1.82, 2.24) is 13.7 Å². The second kappa shape index (κ2) is 23.2. The van der Waals surface area contributed by atoms with Gasteiger partial charge < -0.3 is 63.7 Å². The Balaban J connectivity index is 1.13. The molecule has 15 rings (SSSR count). The number of allylic oxidation sites excluding steroid dienone is 1. The van der Waals surface area contributed by atoms with E-state index in [0.717, 1.165) is 75.5 Å². The van der Waals surface area contributed by atoms with Crippen LogP contribution in [0.3, 0.4) is 0 Å². The van der Waals surface area contributed by atoms with Crippen LogP contribution in [0.25, 0.3) is 22.3 Å². The van der Waals surface area contributed by atoms with Crippen LogP contribution in [0.15, 0.2) is 121 Å². The first kappa shape index (κ1) is 57.0. The van der Waals surface area contributed by atoms with Gasteiger partial charge in [0, 0.05) is 61.8 Å². The van der Waals surface area contributed by atoms with Crippen LogP contribution < -0.4 is 61.6 Å². The quantitative estimate of drug-likeness (QED) is 0.0853. The highest BCUT2D eigenvalue weighted by Gasteiger charge is 2.51. The van der Waals surface area contributed by atoms with Crippen LogP contribution in [0.2, 0.25) is 0 Å². The zero-order valence-electron chi connectivity index (χ0n) is 50.7. The standard InChI is InChI=1S/C70H68N8O12/c1-75-42-26-27-43(75)61(64-50(83-2)18-8-19-51(64)84-3)45-29-30-46-62(59-40(73-68(81)56-24-12-36-89-56)16-7-17-41(59)74-69(82)57-25-13-37-90-57)47-31-33-49-63(65-52(85-4)20-9-21-53(65)86-5)48-32-28-44(76(48)70(77(45)46)78(47)49)60(42)58-38(71-66(79)54-22-10-34-87-54)14-6-15-39(58)72-67(80)55-23-11-35-88-55/h6-9,14-21,26-33,47,54-57,70H,10-13,22-25,34-37H2,1-5H3,(H3,71,72,73,74,79,80,81,82)/p+1. The summed E-state index contributed by atoms with van der Waals surface area (Å²) >= 11 is 0. The van der Waals surface area contributed by atoms with E-state index in [4.69, 9.17) is 37.9 Å². The van der Waals surface area contributed by atoms with E-state index >= 15 is 0 Å². The van der Waals surface area contributed by atoms with Gasteiger partial charge in [-0.15, -0.1) is 0 Å². The van der Waals surface area contributed by atoms with E-state index in [1.54, 1.807) is 28.4 Å². The van der Waals surface area contributed by atoms with Gasteiger partial charge in [0.25, 0.3) is 23.6 Å². The number of aromatic nitrogens is 3. The number of carbonyl (C=O) groups is 4. The van der Waals surface area contributed by atoms with Crippen molar-refractivity contribution in [3.8, 4) is 23.0 Å². The zero-order chi connectivity index (χ0) is 61.5. The molecule has 90 heavy (non-hydrogen) atoms. The zero-order valence-corrected chi connectivity index (χ0v) is 50.7. The van der Waals surface area contributed by atoms with Gasteiger partial charge in [-0.05, 0) is 142 Å². The van der Waals surface area contributed by atoms with E-state index in [9.17, 15) is 19.2 Å². The second-order valence-corrected chi connectivity index (χ2v) is 23.6. The molecule has 4 aromatic carbocycles. The minimum Gasteiger partial charge on any atom is -0.496 e. The van der Waals surface area contributed by atoms with Crippen LogP contribution in [0.1, 0.15) is 91.3 Å². The Bertz CT molecular complexity index is 4350. The van der Waals surface area contributed by atoms with E-state index in [1.165, 1.54) is 0 Å². The number of anilines is 4. The van der Waals surface area contributed by atoms with Crippen molar-refractivity contribution in [2.24, 2.45) is 7.05 Å². The normalized spacial score (nSPS) is 21.8. The molecule has 4 fully saturated rings. The molecule has 7 aromatic rings. The number of hydrogen-bond acceptors (Lipinski definition) is 12. The molecule has 11 heterocycles. The summed E-state index contributed by atoms with van der Waals surface area (Å²) in [5.74, 6) is 1.01. The molecule has 2 bridgehead atoms. The number of fused-ring (bicyclic) bond motifs is 2. The first-order valence-corrected chi connectivity index (χ1v) is 30.9. The van der Waals surface area contributed by atoms with Crippen LogP contribution in [-0.4, -0.2) is 133 Å². The topological polar surface area (TPSA) is 208 Å². The molecule has 0 radical (unpaired) electrons. The highest BCUT2D eigenvalue weighted by Crippen LogP contribution is 2.46. The summed E-state index contributed by atoms with van der Waals surface area (Å²) in [6, 6.07) is 34.7. The number of carbonyl (C=O) groups excluding carboxylic acids is 4. The predicted octanol–water partition coefficient (Wildman–Crippen LogP) is 5.76. The lowest BCUT2D eigenvalue weighted by atomic mass is 9.92. The molecule has 4 saturated heterocycles. The van der Waals surface area contributed by atoms with E-state index < -0.39 is 36.7 Å². The Hall–Kier alpha value is -9.47. The summed E-state index contributed by atoms with van der Waals surface area (Å²) in [6.07, 6.45) is 6.01. The Labute approximate surface area is 518 Å². The molecule has 4 amide bonds. The average Bonchev–Trinajstić information content (AvgIpc) is 1.47. The summed E-state index contributed by atoms with van der Waals surface area (Å²) in [7, 11) is 8.60. The highest BCUT2D eigenvalue weighted by atomic mass is 16.5. The minimum absolute atomic E-state index is 0.295. The van der Waals surface area contributed by atoms with E-state index in [1.807, 2.05) is 79.8 Å². The smallest absolute Gasteiger partial charge is 0.321 e. The predicted molar refractivity (Wildman–Crippen MR) is 336 cm³/mol. The molecular weight excluding hydrogens is 1140 g/mol. The second-order valence-electron chi connectivity index (χ2n) is 23.6. The largest absolute Gasteiger partial charge is 0.496 e. The van der Waals surface area contributed by atoms with E-state index in [0.29, 0.717) is 131 Å². The van der Waals surface area contributed by atoms with Gasteiger partial charge in [0.05, 0.1) is 106 Å². The van der Waals surface area contributed by atoms with Gasteiger partial charge in [-0.25, -0.2) is 0 Å². The van der Waals surface area contributed by atoms with Gasteiger partial charge in [0.2, 0.25) is 11.8 Å². The third-order valence-electron chi connectivity index (χ3n) is 18.7. The number of nitrogens with one attached hydrogen (secondary N) is 4. The summed E-state index contributed by atoms with van der Waals surface area (Å²) < 4.78 is 58.6. The van der Waals surface area contributed by atoms with Crippen LogP contribution in [0.4, 0.5) is 22.7 Å². The third-order valence-corrected chi connectivity index (χ3v) is 18.7. The average molecular weight is 1210 g/mol. The van der Waals surface area contributed by atoms with Crippen molar-refractivity contribution in [1.29, 1.82) is 0 Å². The summed E-state index contributed by atoms with van der Waals surface area (Å²) in [4.78, 5) is 58.4. The molecule has 0 saturated carbocycles. The van der Waals surface area contributed by atoms with Crippen molar-refractivity contribution < 1.29 is 61.6 Å². The van der Waals surface area contributed by atoms with Gasteiger partial charge in [0.15, 0.2) is 0 Å². The van der Waals surface area contributed by atoms with Crippen LogP contribution >= 0.6 is 0 Å². The molecular formula is C70H69N8O12+. The highest BCUT2D eigenvalue weighted by molar-refractivity contribution is 6.28. The fourth-order valence-corrected chi connectivity index (χ4v) is 14.7. The van der Waals surface area contributed by atoms with Crippen molar-refractivity contribution in [2.45, 2.75) is 88.1 Å². The summed E-state index contributed by atoms with van der Waals surface area (Å²) in [5, 5.41) is 16.3. The first-order chi connectivity index (χ1) is 44.1.